The third-order valence-corrected chi connectivity index (χ3v) is 4.33. The fraction of sp³-hybridized carbons (Fsp3) is 0.556. The maximum atomic E-state index is 12.0. The van der Waals surface area contributed by atoms with Crippen LogP contribution in [0, 0.1) is 12.8 Å². The molecule has 0 aliphatic carbocycles. The molecule has 2 rings (SSSR count). The quantitative estimate of drug-likeness (QED) is 0.716. The highest BCUT2D eigenvalue weighted by atomic mass is 16.4. The second-order valence-corrected chi connectivity index (χ2v) is 6.51. The molecule has 1 aliphatic heterocycles. The van der Waals surface area contributed by atoms with Crippen LogP contribution in [0.4, 0.5) is 10.5 Å². The van der Waals surface area contributed by atoms with Crippen LogP contribution in [0.3, 0.4) is 0 Å². The lowest BCUT2D eigenvalue weighted by molar-refractivity contribution is -0.137. The predicted molar refractivity (Wildman–Crippen MR) is 94.2 cm³/mol. The minimum atomic E-state index is -0.738. The molecule has 1 heterocycles. The molecule has 0 saturated carbocycles. The summed E-state index contributed by atoms with van der Waals surface area (Å²) in [5.74, 6) is -0.314. The number of carbonyl (C=O) groups is 2. The van der Waals surface area contributed by atoms with E-state index in [1.807, 2.05) is 31.2 Å². The fourth-order valence-corrected chi connectivity index (χ4v) is 3.02. The number of carboxylic acids is 1. The third kappa shape index (κ3) is 6.58. The Morgan fingerprint density at radius 1 is 1.29 bits per heavy atom. The highest BCUT2D eigenvalue weighted by molar-refractivity contribution is 5.89. The number of amides is 2. The molecule has 24 heavy (non-hydrogen) atoms. The molecule has 2 amide bonds. The molecule has 3 N–H and O–H groups in total. The molecule has 1 aromatic carbocycles. The average molecular weight is 333 g/mol. The lowest BCUT2D eigenvalue weighted by Gasteiger charge is -2.32. The van der Waals surface area contributed by atoms with E-state index in [0.29, 0.717) is 18.9 Å². The zero-order chi connectivity index (χ0) is 17.4. The highest BCUT2D eigenvalue weighted by Crippen LogP contribution is 2.16. The van der Waals surface area contributed by atoms with Crippen LogP contribution in [-0.4, -0.2) is 48.2 Å². The van der Waals surface area contributed by atoms with Crippen molar-refractivity contribution >= 4 is 17.7 Å². The molecule has 1 aliphatic rings. The van der Waals surface area contributed by atoms with Crippen LogP contribution in [0.25, 0.3) is 0 Å². The van der Waals surface area contributed by atoms with E-state index in [0.717, 1.165) is 43.7 Å². The Bertz CT molecular complexity index is 545. The molecular weight excluding hydrogens is 306 g/mol. The third-order valence-electron chi connectivity index (χ3n) is 4.33. The molecule has 0 spiro atoms. The van der Waals surface area contributed by atoms with Crippen molar-refractivity contribution in [2.75, 3.05) is 31.5 Å². The smallest absolute Gasteiger partial charge is 0.319 e. The van der Waals surface area contributed by atoms with E-state index < -0.39 is 5.97 Å². The summed E-state index contributed by atoms with van der Waals surface area (Å²) in [4.78, 5) is 24.8. The van der Waals surface area contributed by atoms with Crippen LogP contribution >= 0.6 is 0 Å². The lowest BCUT2D eigenvalue weighted by atomic mass is 9.98. The number of urea groups is 1. The Hall–Kier alpha value is -2.08. The van der Waals surface area contributed by atoms with Gasteiger partial charge in [-0.2, -0.15) is 0 Å². The molecule has 1 fully saturated rings. The minimum Gasteiger partial charge on any atom is -0.481 e. The normalized spacial score (nSPS) is 18.1. The van der Waals surface area contributed by atoms with Crippen LogP contribution in [0.2, 0.25) is 0 Å². The Balaban J connectivity index is 1.68. The second-order valence-electron chi connectivity index (χ2n) is 6.51. The number of rotatable bonds is 7. The van der Waals surface area contributed by atoms with Crippen LogP contribution in [0.1, 0.15) is 31.2 Å². The molecule has 0 aromatic heterocycles. The van der Waals surface area contributed by atoms with Crippen molar-refractivity contribution in [2.45, 2.75) is 32.6 Å². The summed E-state index contributed by atoms with van der Waals surface area (Å²) in [6.45, 7) is 5.41. The van der Waals surface area contributed by atoms with Crippen molar-refractivity contribution in [3.8, 4) is 0 Å². The number of carboxylic acid groups (broad SMARTS) is 1. The maximum absolute atomic E-state index is 12.0. The zero-order valence-electron chi connectivity index (χ0n) is 14.3. The topological polar surface area (TPSA) is 81.7 Å². The molecule has 6 heteroatoms. The van der Waals surface area contributed by atoms with Crippen LogP contribution in [0.5, 0.6) is 0 Å². The van der Waals surface area contributed by atoms with Gasteiger partial charge in [0.2, 0.25) is 0 Å². The van der Waals surface area contributed by atoms with Gasteiger partial charge in [0.25, 0.3) is 0 Å². The molecule has 0 radical (unpaired) electrons. The van der Waals surface area contributed by atoms with E-state index in [4.69, 9.17) is 5.11 Å². The molecule has 0 bridgehead atoms. The van der Waals surface area contributed by atoms with Gasteiger partial charge in [-0.1, -0.05) is 17.7 Å². The number of anilines is 1. The van der Waals surface area contributed by atoms with Gasteiger partial charge < -0.3 is 20.6 Å². The van der Waals surface area contributed by atoms with E-state index in [2.05, 4.69) is 15.5 Å². The summed E-state index contributed by atoms with van der Waals surface area (Å²) < 4.78 is 0. The molecule has 1 saturated heterocycles. The maximum Gasteiger partial charge on any atom is 0.319 e. The van der Waals surface area contributed by atoms with E-state index in [1.54, 1.807) is 0 Å². The van der Waals surface area contributed by atoms with Crippen molar-refractivity contribution < 1.29 is 14.7 Å². The summed E-state index contributed by atoms with van der Waals surface area (Å²) in [5, 5.41) is 14.5. The number of aliphatic carboxylic acids is 1. The van der Waals surface area contributed by atoms with Crippen molar-refractivity contribution in [3.05, 3.63) is 29.8 Å². The van der Waals surface area contributed by atoms with Gasteiger partial charge in [0.05, 0.1) is 0 Å². The number of benzene rings is 1. The largest absolute Gasteiger partial charge is 0.481 e. The summed E-state index contributed by atoms with van der Waals surface area (Å²) in [7, 11) is 0. The molecule has 132 valence electrons. The molecule has 1 unspecified atom stereocenters. The van der Waals surface area contributed by atoms with Gasteiger partial charge in [-0.05, 0) is 57.3 Å². The standard InChI is InChI=1S/C18H27N3O3/c1-14-6-8-16(9-7-14)20-18(24)19-12-15-4-2-10-21(13-15)11-3-5-17(22)23/h6-9,15H,2-5,10-13H2,1H3,(H,22,23)(H2,19,20,24). The summed E-state index contributed by atoms with van der Waals surface area (Å²) in [6.07, 6.45) is 3.10. The number of nitrogens with one attached hydrogen (secondary N) is 2. The first-order valence-corrected chi connectivity index (χ1v) is 8.58. The zero-order valence-corrected chi connectivity index (χ0v) is 14.3. The van der Waals surface area contributed by atoms with Crippen molar-refractivity contribution in [1.82, 2.24) is 10.2 Å². The summed E-state index contributed by atoms with van der Waals surface area (Å²) in [6, 6.07) is 7.53. The van der Waals surface area contributed by atoms with Gasteiger partial charge in [-0.3, -0.25) is 4.79 Å². The number of aryl methyl sites for hydroxylation is 1. The first kappa shape index (κ1) is 18.3. The lowest BCUT2D eigenvalue weighted by Crippen LogP contribution is -2.42. The van der Waals surface area contributed by atoms with Gasteiger partial charge in [0.1, 0.15) is 0 Å². The van der Waals surface area contributed by atoms with Crippen LogP contribution < -0.4 is 10.6 Å². The minimum absolute atomic E-state index is 0.179. The van der Waals surface area contributed by atoms with Gasteiger partial charge in [-0.25, -0.2) is 4.79 Å². The monoisotopic (exact) mass is 333 g/mol. The molecule has 6 nitrogen and oxygen atoms in total. The Morgan fingerprint density at radius 3 is 2.75 bits per heavy atom. The Labute approximate surface area is 143 Å². The summed E-state index contributed by atoms with van der Waals surface area (Å²) >= 11 is 0. The fourth-order valence-electron chi connectivity index (χ4n) is 3.02. The first-order chi connectivity index (χ1) is 11.5. The second kappa shape index (κ2) is 9.27. The van der Waals surface area contributed by atoms with Crippen molar-refractivity contribution in [3.63, 3.8) is 0 Å². The number of carbonyl (C=O) groups excluding carboxylic acids is 1. The van der Waals surface area contributed by atoms with Gasteiger partial charge in [-0.15, -0.1) is 0 Å². The SMILES string of the molecule is Cc1ccc(NC(=O)NCC2CCCN(CCCC(=O)O)C2)cc1. The summed E-state index contributed by atoms with van der Waals surface area (Å²) in [5.41, 5.74) is 1.95. The van der Waals surface area contributed by atoms with Gasteiger partial charge >= 0.3 is 12.0 Å². The average Bonchev–Trinajstić information content (AvgIpc) is 2.55. The van der Waals surface area contributed by atoms with Gasteiger partial charge in [0, 0.05) is 25.2 Å². The number of nitrogens with zero attached hydrogens (tertiary/aromatic N) is 1. The number of hydrogen-bond donors (Lipinski definition) is 3. The van der Waals surface area contributed by atoms with E-state index in [9.17, 15) is 9.59 Å². The number of hydrogen-bond acceptors (Lipinski definition) is 3. The molecular formula is C18H27N3O3. The molecule has 1 aromatic rings. The number of piperidine rings is 1. The van der Waals surface area contributed by atoms with Crippen LogP contribution in [-0.2, 0) is 4.79 Å². The first-order valence-electron chi connectivity index (χ1n) is 8.58. The van der Waals surface area contributed by atoms with E-state index >= 15 is 0 Å². The van der Waals surface area contributed by atoms with Crippen molar-refractivity contribution in [1.29, 1.82) is 0 Å². The van der Waals surface area contributed by atoms with E-state index in [-0.39, 0.29) is 12.5 Å². The van der Waals surface area contributed by atoms with Crippen LogP contribution in [0.15, 0.2) is 24.3 Å². The Kier molecular flexibility index (Phi) is 7.06. The predicted octanol–water partition coefficient (Wildman–Crippen LogP) is 2.69. The Morgan fingerprint density at radius 2 is 2.04 bits per heavy atom. The van der Waals surface area contributed by atoms with Gasteiger partial charge in [0.15, 0.2) is 0 Å². The van der Waals surface area contributed by atoms with E-state index in [1.165, 1.54) is 0 Å². The number of likely N-dealkylation sites (tertiary alicyclic amines) is 1. The van der Waals surface area contributed by atoms with Crippen molar-refractivity contribution in [2.24, 2.45) is 5.92 Å². The highest BCUT2D eigenvalue weighted by Gasteiger charge is 2.20. The molecule has 1 atom stereocenters.